The second kappa shape index (κ2) is 24.3. The number of morpholine rings is 2. The molecule has 6 aromatic heterocycles. The molecule has 3 N–H and O–H groups in total. The van der Waals surface area contributed by atoms with E-state index in [1.165, 1.54) is 24.3 Å². The fraction of sp³-hybridized carbons (Fsp3) is 0.161. The molecule has 0 atom stereocenters. The number of rotatable bonds is 8. The average Bonchev–Trinajstić information content (AvgIpc) is 3.57. The number of hydrogen-bond acceptors (Lipinski definition) is 14. The van der Waals surface area contributed by atoms with Gasteiger partial charge in [0.15, 0.2) is 0 Å². The third-order valence-electron chi connectivity index (χ3n) is 13.5. The van der Waals surface area contributed by atoms with Crippen molar-refractivity contribution in [2.24, 2.45) is 0 Å². The zero-order valence-corrected chi connectivity index (χ0v) is 43.9. The Balaban J connectivity index is 0.000000148. The minimum absolute atomic E-state index is 0.327. The van der Waals surface area contributed by atoms with Gasteiger partial charge in [0.25, 0.3) is 0 Å². The van der Waals surface area contributed by atoms with Gasteiger partial charge in [-0.05, 0) is 103 Å². The lowest BCUT2D eigenvalue weighted by Gasteiger charge is -2.28. The maximum atomic E-state index is 14.3. The molecule has 14 nitrogen and oxygen atoms in total. The van der Waals surface area contributed by atoms with Crippen LogP contribution in [0.25, 0.3) is 66.8 Å². The summed E-state index contributed by atoms with van der Waals surface area (Å²) >= 11 is 6.34. The highest BCUT2D eigenvalue weighted by atomic mass is 35.5. The van der Waals surface area contributed by atoms with E-state index in [0.29, 0.717) is 76.4 Å². The number of nitriles is 2. The van der Waals surface area contributed by atoms with Crippen LogP contribution in [-0.2, 0) is 9.47 Å². The van der Waals surface area contributed by atoms with Gasteiger partial charge in [0.2, 0.25) is 0 Å². The minimum Gasteiger partial charge on any atom is -0.398 e. The predicted octanol–water partition coefficient (Wildman–Crippen LogP) is 12.7. The molecule has 0 spiro atoms. The second-order valence-electron chi connectivity index (χ2n) is 18.5. The molecule has 10 aromatic rings. The first-order valence-electron chi connectivity index (χ1n) is 25.4. The first-order valence-corrected chi connectivity index (χ1v) is 25.8. The molecule has 79 heavy (non-hydrogen) atoms. The monoisotopic (exact) mass is 1070 g/mol. The van der Waals surface area contributed by atoms with E-state index in [2.05, 4.69) is 47.2 Å². The number of nitrogens with zero attached hydrogens (tertiary/aromatic N) is 10. The molecule has 12 rings (SSSR count). The topological polar surface area (TPSA) is 188 Å². The van der Waals surface area contributed by atoms with Crippen LogP contribution in [0, 0.1) is 48.1 Å². The van der Waals surface area contributed by atoms with Gasteiger partial charge in [-0.2, -0.15) is 10.5 Å². The Hall–Kier alpha value is -9.45. The molecular formula is C62H51ClF2N12O2. The molecule has 0 bridgehead atoms. The van der Waals surface area contributed by atoms with Crippen molar-refractivity contribution in [1.82, 2.24) is 29.9 Å². The van der Waals surface area contributed by atoms with Crippen LogP contribution in [0.5, 0.6) is 0 Å². The van der Waals surface area contributed by atoms with Crippen LogP contribution in [0.15, 0.2) is 158 Å². The summed E-state index contributed by atoms with van der Waals surface area (Å²) < 4.78 is 38.5. The molecule has 2 fully saturated rings. The number of nitrogens with one attached hydrogen (secondary N) is 1. The molecule has 4 aromatic carbocycles. The van der Waals surface area contributed by atoms with Crippen molar-refractivity contribution in [1.29, 1.82) is 10.5 Å². The normalized spacial score (nSPS) is 13.1. The van der Waals surface area contributed by atoms with Gasteiger partial charge in [0.1, 0.15) is 23.3 Å². The van der Waals surface area contributed by atoms with E-state index in [1.807, 2.05) is 105 Å². The van der Waals surface area contributed by atoms with Gasteiger partial charge in [-0.25, -0.2) is 28.7 Å². The molecule has 2 aliphatic rings. The molecule has 2 saturated heterocycles. The number of fused-ring (bicyclic) bond motifs is 2. The maximum absolute atomic E-state index is 14.3. The number of nitrogens with two attached hydrogens (primary N) is 1. The molecular weight excluding hydrogens is 1020 g/mol. The fourth-order valence-electron chi connectivity index (χ4n) is 9.35. The summed E-state index contributed by atoms with van der Waals surface area (Å²) in [6.07, 6.45) is 7.02. The summed E-state index contributed by atoms with van der Waals surface area (Å²) in [6, 6.07) is 43.4. The third-order valence-corrected chi connectivity index (χ3v) is 14.0. The number of halogens is 3. The lowest BCUT2D eigenvalue weighted by atomic mass is 10.0. The van der Waals surface area contributed by atoms with Crippen molar-refractivity contribution in [3.63, 3.8) is 0 Å². The summed E-state index contributed by atoms with van der Waals surface area (Å²) in [5.74, 6) is 1.01. The highest BCUT2D eigenvalue weighted by Crippen LogP contribution is 2.40. The van der Waals surface area contributed by atoms with Crippen molar-refractivity contribution >= 4 is 62.1 Å². The first-order chi connectivity index (χ1) is 38.5. The van der Waals surface area contributed by atoms with Gasteiger partial charge < -0.3 is 30.3 Å². The van der Waals surface area contributed by atoms with Gasteiger partial charge >= 0.3 is 0 Å². The van der Waals surface area contributed by atoms with Crippen LogP contribution in [0.2, 0.25) is 5.02 Å². The van der Waals surface area contributed by atoms with E-state index in [9.17, 15) is 14.0 Å². The Bertz CT molecular complexity index is 3920. The summed E-state index contributed by atoms with van der Waals surface area (Å²) in [6.45, 7) is 9.75. The number of hydrogen-bond donors (Lipinski definition) is 2. The first kappa shape index (κ1) is 53.0. The van der Waals surface area contributed by atoms with E-state index < -0.39 is 0 Å². The maximum Gasteiger partial charge on any atom is 0.130 e. The Kier molecular flexibility index (Phi) is 16.3. The quantitative estimate of drug-likeness (QED) is 0.146. The third kappa shape index (κ3) is 12.1. The molecule has 0 unspecified atom stereocenters. The molecule has 0 saturated carbocycles. The average molecular weight is 1070 g/mol. The summed E-state index contributed by atoms with van der Waals surface area (Å²) in [5.41, 5.74) is 18.7. The van der Waals surface area contributed by atoms with Gasteiger partial charge in [-0.15, -0.1) is 0 Å². The Morgan fingerprint density at radius 2 is 1.08 bits per heavy atom. The minimum atomic E-state index is -0.357. The summed E-state index contributed by atoms with van der Waals surface area (Å²) in [5, 5.41) is 24.3. The van der Waals surface area contributed by atoms with Gasteiger partial charge in [-0.3, -0.25) is 9.97 Å². The van der Waals surface area contributed by atoms with Gasteiger partial charge in [0.05, 0.1) is 99.9 Å². The van der Waals surface area contributed by atoms with Crippen molar-refractivity contribution in [2.45, 2.75) is 13.8 Å². The summed E-state index contributed by atoms with van der Waals surface area (Å²) in [4.78, 5) is 31.7. The number of pyridine rings is 6. The number of ether oxygens (including phenoxy) is 2. The summed E-state index contributed by atoms with van der Waals surface area (Å²) in [7, 11) is 0. The zero-order chi connectivity index (χ0) is 54.8. The molecule has 17 heteroatoms. The van der Waals surface area contributed by atoms with Crippen molar-refractivity contribution in [3.8, 4) is 57.2 Å². The molecule has 0 radical (unpaired) electrons. The predicted molar refractivity (Wildman–Crippen MR) is 307 cm³/mol. The smallest absolute Gasteiger partial charge is 0.130 e. The van der Waals surface area contributed by atoms with E-state index in [-0.39, 0.29) is 11.6 Å². The largest absolute Gasteiger partial charge is 0.398 e. The van der Waals surface area contributed by atoms with Crippen molar-refractivity contribution in [3.05, 3.63) is 197 Å². The Labute approximate surface area is 460 Å². The van der Waals surface area contributed by atoms with Crippen LogP contribution in [-0.4, -0.2) is 82.5 Å². The highest BCUT2D eigenvalue weighted by Gasteiger charge is 2.21. The fourth-order valence-corrected chi connectivity index (χ4v) is 9.60. The highest BCUT2D eigenvalue weighted by molar-refractivity contribution is 6.36. The zero-order valence-electron chi connectivity index (χ0n) is 43.2. The molecule has 0 aliphatic carbocycles. The number of benzene rings is 4. The van der Waals surface area contributed by atoms with Crippen LogP contribution >= 0.6 is 11.6 Å². The van der Waals surface area contributed by atoms with Gasteiger partial charge in [-0.1, -0.05) is 48.0 Å². The molecule has 392 valence electrons. The number of nitrogen functional groups attached to an aromatic ring is 1. The van der Waals surface area contributed by atoms with Crippen LogP contribution in [0.1, 0.15) is 22.3 Å². The van der Waals surface area contributed by atoms with Crippen LogP contribution in [0.4, 0.5) is 37.5 Å². The van der Waals surface area contributed by atoms with Crippen LogP contribution < -0.4 is 20.9 Å². The molecule has 0 amide bonds. The second-order valence-corrected chi connectivity index (χ2v) is 18.9. The SMILES string of the molecule is Cc1c(-c2ccccn2)nc2cc(F)ccc2c1Cl.Cc1c(-c2ccccn2)nc2cc(F)ccc2c1Nc1cc(N2CCOCC2)ncc1-c1cccc(C#N)c1.N#Cc1cccc(-c2cnc(N3CCOCC3)cc2N)c1. The molecule has 2 aliphatic heterocycles. The Morgan fingerprint density at radius 3 is 1.61 bits per heavy atom. The Morgan fingerprint density at radius 1 is 0.570 bits per heavy atom. The van der Waals surface area contributed by atoms with E-state index in [0.717, 1.165) is 99.0 Å². The number of anilines is 5. The van der Waals surface area contributed by atoms with Crippen molar-refractivity contribution < 1.29 is 18.3 Å². The standard InChI is InChI=1S/C31H25FN6O.C16H16N4O.C15H10ClFN2/c1-20-30(24-9-8-23(32)16-27(24)37-31(20)26-7-2-3-10-34-26)36-28-17-29(38-11-13-39-14-12-38)35-19-25(28)22-6-4-5-21(15-22)18-33;17-10-12-2-1-3-13(8-12)14-11-19-16(9-15(14)18)20-4-6-21-7-5-20;1-9-14(16)11-6-5-10(17)8-13(11)19-15(9)12-4-2-3-7-18-12/h2-10,15-17,19H,11-14H2,1H3,(H,35,36,37);1-3,8-9,11H,4-7H2,(H2,18,19);2-8H,1H3. The van der Waals surface area contributed by atoms with Crippen molar-refractivity contribution in [2.75, 3.05) is 73.5 Å². The van der Waals surface area contributed by atoms with Gasteiger partial charge in [0, 0.05) is 108 Å². The lowest BCUT2D eigenvalue weighted by Crippen LogP contribution is -2.36. The van der Waals surface area contributed by atoms with Crippen LogP contribution in [0.3, 0.4) is 0 Å². The number of aromatic nitrogens is 6. The van der Waals surface area contributed by atoms with E-state index in [4.69, 9.17) is 42.0 Å². The molecule has 8 heterocycles. The lowest BCUT2D eigenvalue weighted by molar-refractivity contribution is 0.122. The van der Waals surface area contributed by atoms with E-state index >= 15 is 0 Å². The van der Waals surface area contributed by atoms with E-state index in [1.54, 1.807) is 42.9 Å².